The monoisotopic (exact) mass is 483 g/mol. The number of nitrogens with zero attached hydrogens (tertiary/aromatic N) is 3. The second-order valence-corrected chi connectivity index (χ2v) is 8.74. The third-order valence-corrected chi connectivity index (χ3v) is 6.40. The lowest BCUT2D eigenvalue weighted by Crippen LogP contribution is -2.46. The molecule has 1 fully saturated rings. The summed E-state index contributed by atoms with van der Waals surface area (Å²) in [5.74, 6) is -0.713. The number of hydrogen-bond donors (Lipinski definition) is 0. The van der Waals surface area contributed by atoms with Gasteiger partial charge in [0.25, 0.3) is 0 Å². The van der Waals surface area contributed by atoms with E-state index in [0.717, 1.165) is 5.56 Å². The highest BCUT2D eigenvalue weighted by molar-refractivity contribution is 6.30. The SMILES string of the molecule is CCOC(=O)C1CCN(C(=O)Cn2c(=O)c(=O)n(Cc3ccc(Cl)cc3)c3ccccc32)CC1. The Labute approximate surface area is 201 Å². The largest absolute Gasteiger partial charge is 0.466 e. The van der Waals surface area contributed by atoms with Crippen LogP contribution in [0.3, 0.4) is 0 Å². The molecule has 1 saturated heterocycles. The number of hydrogen-bond acceptors (Lipinski definition) is 5. The molecule has 2 aromatic carbocycles. The molecule has 0 spiro atoms. The fourth-order valence-corrected chi connectivity index (χ4v) is 4.44. The van der Waals surface area contributed by atoms with E-state index < -0.39 is 11.1 Å². The first-order valence-corrected chi connectivity index (χ1v) is 11.7. The van der Waals surface area contributed by atoms with Gasteiger partial charge in [0.15, 0.2) is 0 Å². The minimum absolute atomic E-state index is 0.210. The van der Waals surface area contributed by atoms with E-state index in [1.165, 1.54) is 9.13 Å². The van der Waals surface area contributed by atoms with Gasteiger partial charge in [0.2, 0.25) is 5.91 Å². The van der Waals surface area contributed by atoms with Crippen LogP contribution in [0.25, 0.3) is 11.0 Å². The Morgan fingerprint density at radius 3 is 2.15 bits per heavy atom. The first-order valence-electron chi connectivity index (χ1n) is 11.3. The molecule has 0 N–H and O–H groups in total. The molecule has 8 nitrogen and oxygen atoms in total. The molecular formula is C25H26ClN3O5. The van der Waals surface area contributed by atoms with Gasteiger partial charge in [0.1, 0.15) is 6.54 Å². The highest BCUT2D eigenvalue weighted by Gasteiger charge is 2.28. The number of amides is 1. The van der Waals surface area contributed by atoms with Crippen molar-refractivity contribution in [2.24, 2.45) is 5.92 Å². The van der Waals surface area contributed by atoms with Crippen LogP contribution in [0.1, 0.15) is 25.3 Å². The Kier molecular flexibility index (Phi) is 7.17. The van der Waals surface area contributed by atoms with E-state index in [4.69, 9.17) is 16.3 Å². The highest BCUT2D eigenvalue weighted by Crippen LogP contribution is 2.20. The number of esters is 1. The van der Waals surface area contributed by atoms with Gasteiger partial charge in [-0.05, 0) is 49.6 Å². The molecule has 0 unspecified atom stereocenters. The summed E-state index contributed by atoms with van der Waals surface area (Å²) in [6.07, 6.45) is 1.03. The number of fused-ring (bicyclic) bond motifs is 1. The zero-order valence-corrected chi connectivity index (χ0v) is 19.7. The number of ether oxygens (including phenoxy) is 1. The third-order valence-electron chi connectivity index (χ3n) is 6.15. The second kappa shape index (κ2) is 10.3. The van der Waals surface area contributed by atoms with Crippen molar-refractivity contribution in [2.75, 3.05) is 19.7 Å². The summed E-state index contributed by atoms with van der Waals surface area (Å²) < 4.78 is 7.75. The van der Waals surface area contributed by atoms with Crippen molar-refractivity contribution in [1.29, 1.82) is 0 Å². The first kappa shape index (κ1) is 23.8. The standard InChI is InChI=1S/C25H26ClN3O5/c1-2-34-25(33)18-11-13-27(14-12-18)22(30)16-29-21-6-4-3-5-20(21)28(23(31)24(29)32)15-17-7-9-19(26)10-8-17/h3-10,18H,2,11-16H2,1H3. The van der Waals surface area contributed by atoms with Crippen molar-refractivity contribution in [2.45, 2.75) is 32.9 Å². The fourth-order valence-electron chi connectivity index (χ4n) is 4.32. The van der Waals surface area contributed by atoms with Crippen molar-refractivity contribution in [3.63, 3.8) is 0 Å². The Morgan fingerprint density at radius 2 is 1.53 bits per heavy atom. The Bertz CT molecular complexity index is 1320. The second-order valence-electron chi connectivity index (χ2n) is 8.30. The normalized spacial score (nSPS) is 14.4. The molecule has 0 bridgehead atoms. The zero-order valence-electron chi connectivity index (χ0n) is 18.9. The smallest absolute Gasteiger partial charge is 0.317 e. The van der Waals surface area contributed by atoms with Crippen molar-refractivity contribution >= 4 is 34.5 Å². The van der Waals surface area contributed by atoms with Gasteiger partial charge in [0.05, 0.1) is 30.1 Å². The Balaban J connectivity index is 1.59. The number of aromatic nitrogens is 2. The number of carbonyl (C=O) groups is 2. The van der Waals surface area contributed by atoms with Crippen LogP contribution in [0, 0.1) is 5.92 Å². The van der Waals surface area contributed by atoms with Crippen molar-refractivity contribution < 1.29 is 14.3 Å². The fraction of sp³-hybridized carbons (Fsp3) is 0.360. The lowest BCUT2D eigenvalue weighted by molar-refractivity contribution is -0.151. The number of rotatable bonds is 6. The molecule has 1 aliphatic heterocycles. The molecule has 34 heavy (non-hydrogen) atoms. The van der Waals surface area contributed by atoms with Crippen molar-refractivity contribution in [1.82, 2.24) is 14.0 Å². The third kappa shape index (κ3) is 4.92. The van der Waals surface area contributed by atoms with Gasteiger partial charge in [-0.2, -0.15) is 0 Å². The average molecular weight is 484 g/mol. The van der Waals surface area contributed by atoms with E-state index in [-0.39, 0.29) is 30.9 Å². The summed E-state index contributed by atoms with van der Waals surface area (Å²) in [5.41, 5.74) is 0.464. The maximum Gasteiger partial charge on any atom is 0.317 e. The van der Waals surface area contributed by atoms with Gasteiger partial charge in [-0.1, -0.05) is 35.9 Å². The van der Waals surface area contributed by atoms with Crippen LogP contribution >= 0.6 is 11.6 Å². The lowest BCUT2D eigenvalue weighted by Gasteiger charge is -2.31. The van der Waals surface area contributed by atoms with Gasteiger partial charge in [-0.25, -0.2) is 0 Å². The summed E-state index contributed by atoms with van der Waals surface area (Å²) in [5, 5.41) is 0.584. The molecule has 178 valence electrons. The van der Waals surface area contributed by atoms with Crippen LogP contribution in [0.2, 0.25) is 5.02 Å². The number of para-hydroxylation sites is 2. The number of likely N-dealkylation sites (tertiary alicyclic amines) is 1. The van der Waals surface area contributed by atoms with Crippen LogP contribution < -0.4 is 11.1 Å². The number of halogens is 1. The van der Waals surface area contributed by atoms with Crippen LogP contribution in [-0.4, -0.2) is 45.6 Å². The number of benzene rings is 2. The molecule has 0 atom stereocenters. The topological polar surface area (TPSA) is 90.6 Å². The van der Waals surface area contributed by atoms with Gasteiger partial charge >= 0.3 is 17.1 Å². The van der Waals surface area contributed by atoms with Crippen LogP contribution in [0.5, 0.6) is 0 Å². The molecule has 0 aliphatic carbocycles. The summed E-state index contributed by atoms with van der Waals surface area (Å²) in [6, 6.07) is 14.1. The predicted molar refractivity (Wildman–Crippen MR) is 129 cm³/mol. The molecule has 1 amide bonds. The lowest BCUT2D eigenvalue weighted by atomic mass is 9.97. The first-order chi connectivity index (χ1) is 16.4. The summed E-state index contributed by atoms with van der Waals surface area (Å²) in [7, 11) is 0. The molecule has 9 heteroatoms. The van der Waals surface area contributed by atoms with Gasteiger partial charge in [0, 0.05) is 18.1 Å². The molecule has 4 rings (SSSR count). The average Bonchev–Trinajstić information content (AvgIpc) is 2.85. The maximum absolute atomic E-state index is 13.1. The van der Waals surface area contributed by atoms with E-state index in [1.54, 1.807) is 60.4 Å². The molecule has 2 heterocycles. The molecular weight excluding hydrogens is 458 g/mol. The van der Waals surface area contributed by atoms with E-state index in [0.29, 0.717) is 48.6 Å². The highest BCUT2D eigenvalue weighted by atomic mass is 35.5. The van der Waals surface area contributed by atoms with Crippen LogP contribution in [0.15, 0.2) is 58.1 Å². The molecule has 3 aromatic rings. The summed E-state index contributed by atoms with van der Waals surface area (Å²) in [6.45, 7) is 2.88. The molecule has 1 aromatic heterocycles. The minimum Gasteiger partial charge on any atom is -0.466 e. The van der Waals surface area contributed by atoms with E-state index >= 15 is 0 Å². The zero-order chi connectivity index (χ0) is 24.2. The predicted octanol–water partition coefficient (Wildman–Crippen LogP) is 2.67. The van der Waals surface area contributed by atoms with Crippen molar-refractivity contribution in [3.8, 4) is 0 Å². The van der Waals surface area contributed by atoms with E-state index in [1.807, 2.05) is 0 Å². The molecule has 0 radical (unpaired) electrons. The molecule has 0 saturated carbocycles. The Hall–Kier alpha value is -3.39. The maximum atomic E-state index is 13.1. The van der Waals surface area contributed by atoms with Crippen molar-refractivity contribution in [3.05, 3.63) is 79.8 Å². The summed E-state index contributed by atoms with van der Waals surface area (Å²) >= 11 is 5.96. The minimum atomic E-state index is -0.748. The number of piperidine rings is 1. The van der Waals surface area contributed by atoms with E-state index in [9.17, 15) is 19.2 Å². The van der Waals surface area contributed by atoms with Gasteiger partial charge in [-0.3, -0.25) is 28.3 Å². The van der Waals surface area contributed by atoms with E-state index in [2.05, 4.69) is 0 Å². The number of carbonyl (C=O) groups excluding carboxylic acids is 2. The van der Waals surface area contributed by atoms with Crippen LogP contribution in [-0.2, 0) is 27.4 Å². The Morgan fingerprint density at radius 1 is 0.941 bits per heavy atom. The summed E-state index contributed by atoms with van der Waals surface area (Å²) in [4.78, 5) is 52.7. The van der Waals surface area contributed by atoms with Gasteiger partial charge in [-0.15, -0.1) is 0 Å². The molecule has 1 aliphatic rings. The van der Waals surface area contributed by atoms with Crippen LogP contribution in [0.4, 0.5) is 0 Å². The van der Waals surface area contributed by atoms with Gasteiger partial charge < -0.3 is 9.64 Å². The quantitative estimate of drug-likeness (QED) is 0.397.